The third kappa shape index (κ3) is 2.83. The fraction of sp³-hybridized carbons (Fsp3) is 0.217. The Bertz CT molecular complexity index is 1260. The summed E-state index contributed by atoms with van der Waals surface area (Å²) < 4.78 is 5.60. The van der Waals surface area contributed by atoms with Crippen LogP contribution in [0.15, 0.2) is 48.5 Å². The number of thiophene rings is 1. The Balaban J connectivity index is 1.61. The van der Waals surface area contributed by atoms with Crippen molar-refractivity contribution in [3.8, 4) is 5.75 Å². The highest BCUT2D eigenvalue weighted by Crippen LogP contribution is 2.39. The zero-order valence-electron chi connectivity index (χ0n) is 16.3. The van der Waals surface area contributed by atoms with Gasteiger partial charge in [-0.1, -0.05) is 18.2 Å². The van der Waals surface area contributed by atoms with Crippen molar-refractivity contribution in [1.29, 1.82) is 0 Å². The highest BCUT2D eigenvalue weighted by molar-refractivity contribution is 7.21. The minimum atomic E-state index is -0.0537. The van der Waals surface area contributed by atoms with Gasteiger partial charge in [0.05, 0.1) is 17.8 Å². The molecule has 1 aliphatic heterocycles. The van der Waals surface area contributed by atoms with E-state index in [0.29, 0.717) is 17.2 Å². The molecule has 0 fully saturated rings. The van der Waals surface area contributed by atoms with E-state index in [-0.39, 0.29) is 11.9 Å². The van der Waals surface area contributed by atoms with Crippen LogP contribution < -0.4 is 15.4 Å². The van der Waals surface area contributed by atoms with Crippen LogP contribution in [0.2, 0.25) is 0 Å². The number of amides is 1. The normalized spacial score (nSPS) is 15.8. The summed E-state index contributed by atoms with van der Waals surface area (Å²) in [5, 5.41) is 1.77. The third-order valence-corrected chi connectivity index (χ3v) is 6.52. The first-order valence-electron chi connectivity index (χ1n) is 9.74. The number of ether oxygens (including phenoxy) is 1. The van der Waals surface area contributed by atoms with E-state index in [1.165, 1.54) is 16.9 Å². The maximum absolute atomic E-state index is 13.5. The molecule has 2 aromatic carbocycles. The molecule has 1 amide bonds. The molecule has 1 atom stereocenters. The molecular formula is C23H21N3O2S. The predicted molar refractivity (Wildman–Crippen MR) is 119 cm³/mol. The molecule has 0 saturated carbocycles. The van der Waals surface area contributed by atoms with Gasteiger partial charge in [-0.2, -0.15) is 0 Å². The molecule has 0 spiro atoms. The second kappa shape index (κ2) is 6.74. The van der Waals surface area contributed by atoms with Crippen LogP contribution in [0.4, 0.5) is 11.4 Å². The second-order valence-electron chi connectivity index (χ2n) is 7.33. The summed E-state index contributed by atoms with van der Waals surface area (Å²) >= 11 is 1.37. The molecule has 146 valence electrons. The van der Waals surface area contributed by atoms with Crippen LogP contribution in [-0.2, 0) is 6.42 Å². The van der Waals surface area contributed by atoms with Gasteiger partial charge in [0.25, 0.3) is 5.91 Å². The number of carbonyl (C=O) groups is 1. The monoisotopic (exact) mass is 403 g/mol. The zero-order valence-corrected chi connectivity index (χ0v) is 17.1. The Morgan fingerprint density at radius 2 is 2.10 bits per heavy atom. The topological polar surface area (TPSA) is 68.5 Å². The summed E-state index contributed by atoms with van der Waals surface area (Å²) in [6.45, 7) is 4.64. The number of para-hydroxylation sites is 1. The summed E-state index contributed by atoms with van der Waals surface area (Å²) in [7, 11) is 0. The maximum atomic E-state index is 13.5. The number of anilines is 2. The standard InChI is InChI=1S/C23H21N3O2S/c1-3-28-16-8-9-18-15(11-16)12-17-20(24)21(29-22(17)25-18)23(27)26-13(2)10-14-6-4-5-7-19(14)26/h4-9,11-13H,3,10,24H2,1-2H3/t13-/m0/s1. The van der Waals surface area contributed by atoms with E-state index in [4.69, 9.17) is 15.5 Å². The van der Waals surface area contributed by atoms with Crippen molar-refractivity contribution < 1.29 is 9.53 Å². The first-order valence-corrected chi connectivity index (χ1v) is 10.6. The van der Waals surface area contributed by atoms with Gasteiger partial charge in [0.2, 0.25) is 0 Å². The molecule has 0 radical (unpaired) electrons. The largest absolute Gasteiger partial charge is 0.494 e. The van der Waals surface area contributed by atoms with Crippen molar-refractivity contribution in [3.63, 3.8) is 0 Å². The van der Waals surface area contributed by atoms with E-state index >= 15 is 0 Å². The molecule has 5 nitrogen and oxygen atoms in total. The smallest absolute Gasteiger partial charge is 0.270 e. The molecule has 1 aliphatic rings. The van der Waals surface area contributed by atoms with Gasteiger partial charge in [-0.05, 0) is 56.2 Å². The van der Waals surface area contributed by atoms with Crippen molar-refractivity contribution in [3.05, 3.63) is 59.0 Å². The number of fused-ring (bicyclic) bond motifs is 3. The molecule has 2 aromatic heterocycles. The molecule has 3 heterocycles. The number of nitrogen functional groups attached to an aromatic ring is 1. The summed E-state index contributed by atoms with van der Waals surface area (Å²) in [5.41, 5.74) is 9.99. The highest BCUT2D eigenvalue weighted by atomic mass is 32.1. The van der Waals surface area contributed by atoms with E-state index in [2.05, 4.69) is 13.0 Å². The summed E-state index contributed by atoms with van der Waals surface area (Å²) in [4.78, 5) is 21.4. The summed E-state index contributed by atoms with van der Waals surface area (Å²) in [6.07, 6.45) is 0.856. The van der Waals surface area contributed by atoms with Gasteiger partial charge < -0.3 is 15.4 Å². The number of pyridine rings is 1. The number of aromatic nitrogens is 1. The zero-order chi connectivity index (χ0) is 20.1. The Hall–Kier alpha value is -3.12. The van der Waals surface area contributed by atoms with Gasteiger partial charge >= 0.3 is 0 Å². The van der Waals surface area contributed by atoms with Gasteiger partial charge in [-0.15, -0.1) is 11.3 Å². The SMILES string of the molecule is CCOc1ccc2nc3sc(C(=O)N4c5ccccc5C[C@@H]4C)c(N)c3cc2c1. The number of nitrogens with two attached hydrogens (primary N) is 1. The van der Waals surface area contributed by atoms with Crippen molar-refractivity contribution in [2.45, 2.75) is 26.3 Å². The minimum absolute atomic E-state index is 0.0537. The first kappa shape index (κ1) is 17.9. The quantitative estimate of drug-likeness (QED) is 0.521. The van der Waals surface area contributed by atoms with Crippen LogP contribution in [0.5, 0.6) is 5.75 Å². The molecule has 6 heteroatoms. The van der Waals surface area contributed by atoms with E-state index in [0.717, 1.165) is 39.0 Å². The lowest BCUT2D eigenvalue weighted by Gasteiger charge is -2.22. The molecular weight excluding hydrogens is 382 g/mol. The fourth-order valence-electron chi connectivity index (χ4n) is 4.08. The van der Waals surface area contributed by atoms with Crippen LogP contribution >= 0.6 is 11.3 Å². The Labute approximate surface area is 172 Å². The van der Waals surface area contributed by atoms with Crippen LogP contribution in [-0.4, -0.2) is 23.5 Å². The highest BCUT2D eigenvalue weighted by Gasteiger charge is 2.33. The Kier molecular flexibility index (Phi) is 4.17. The molecule has 2 N–H and O–H groups in total. The third-order valence-electron chi connectivity index (χ3n) is 5.42. The van der Waals surface area contributed by atoms with E-state index < -0.39 is 0 Å². The lowest BCUT2D eigenvalue weighted by atomic mass is 10.1. The van der Waals surface area contributed by atoms with E-state index in [1.54, 1.807) is 0 Å². The summed E-state index contributed by atoms with van der Waals surface area (Å²) in [6, 6.07) is 16.0. The number of rotatable bonds is 3. The lowest BCUT2D eigenvalue weighted by molar-refractivity contribution is 0.0986. The number of hydrogen-bond acceptors (Lipinski definition) is 5. The molecule has 0 unspecified atom stereocenters. The minimum Gasteiger partial charge on any atom is -0.494 e. The van der Waals surface area contributed by atoms with Crippen LogP contribution in [0.1, 0.15) is 29.1 Å². The maximum Gasteiger partial charge on any atom is 0.270 e. The molecule has 0 bridgehead atoms. The molecule has 29 heavy (non-hydrogen) atoms. The first-order chi connectivity index (χ1) is 14.1. The van der Waals surface area contributed by atoms with Crippen molar-refractivity contribution in [2.75, 3.05) is 17.2 Å². The second-order valence-corrected chi connectivity index (χ2v) is 8.33. The molecule has 0 saturated heterocycles. The molecule has 5 rings (SSSR count). The van der Waals surface area contributed by atoms with Crippen LogP contribution in [0.3, 0.4) is 0 Å². The number of benzene rings is 2. The lowest BCUT2D eigenvalue weighted by Crippen LogP contribution is -2.35. The number of hydrogen-bond donors (Lipinski definition) is 1. The van der Waals surface area contributed by atoms with Crippen molar-refractivity contribution in [2.24, 2.45) is 0 Å². The van der Waals surface area contributed by atoms with Gasteiger partial charge in [-0.25, -0.2) is 4.98 Å². The van der Waals surface area contributed by atoms with Gasteiger partial charge in [0, 0.05) is 22.5 Å². The average Bonchev–Trinajstić information content (AvgIpc) is 3.22. The van der Waals surface area contributed by atoms with E-state index in [9.17, 15) is 4.79 Å². The van der Waals surface area contributed by atoms with Gasteiger partial charge in [-0.3, -0.25) is 4.79 Å². The predicted octanol–water partition coefficient (Wildman–Crippen LogP) is 5.02. The number of carbonyl (C=O) groups excluding carboxylic acids is 1. The fourth-order valence-corrected chi connectivity index (χ4v) is 5.10. The van der Waals surface area contributed by atoms with Crippen molar-refractivity contribution >= 4 is 49.7 Å². The Morgan fingerprint density at radius 1 is 1.28 bits per heavy atom. The van der Waals surface area contributed by atoms with Crippen LogP contribution in [0.25, 0.3) is 21.1 Å². The molecule has 4 aromatic rings. The van der Waals surface area contributed by atoms with Crippen molar-refractivity contribution in [1.82, 2.24) is 4.98 Å². The van der Waals surface area contributed by atoms with E-state index in [1.807, 2.05) is 54.3 Å². The Morgan fingerprint density at radius 3 is 2.93 bits per heavy atom. The summed E-state index contributed by atoms with van der Waals surface area (Å²) in [5.74, 6) is 0.746. The molecule has 0 aliphatic carbocycles. The van der Waals surface area contributed by atoms with Gasteiger partial charge in [0.15, 0.2) is 0 Å². The van der Waals surface area contributed by atoms with Crippen LogP contribution in [0, 0.1) is 0 Å². The van der Waals surface area contributed by atoms with Gasteiger partial charge in [0.1, 0.15) is 15.5 Å². The number of nitrogens with zero attached hydrogens (tertiary/aromatic N) is 2. The average molecular weight is 404 g/mol.